The fourth-order valence-electron chi connectivity index (χ4n) is 3.26. The molecule has 2 aromatic rings. The third kappa shape index (κ3) is 6.33. The fourth-order valence-corrected chi connectivity index (χ4v) is 4.07. The van der Waals surface area contributed by atoms with E-state index in [1.54, 1.807) is 29.6 Å². The lowest BCUT2D eigenvalue weighted by atomic mass is 9.90. The number of hydrogen-bond donors (Lipinski definition) is 3. The predicted octanol–water partition coefficient (Wildman–Crippen LogP) is 3.74. The van der Waals surface area contributed by atoms with Gasteiger partial charge < -0.3 is 20.7 Å². The molecule has 1 aromatic carbocycles. The SMILES string of the molecule is CCNC(=O)NC1CCCCC1NC(=O)c1csc(COc2ccc(Cl)cc2)n1. The monoisotopic (exact) mass is 436 g/mol. The summed E-state index contributed by atoms with van der Waals surface area (Å²) in [7, 11) is 0. The summed E-state index contributed by atoms with van der Waals surface area (Å²) < 4.78 is 5.68. The zero-order valence-corrected chi connectivity index (χ0v) is 17.8. The van der Waals surface area contributed by atoms with Gasteiger partial charge in [0.1, 0.15) is 23.1 Å². The molecule has 0 bridgehead atoms. The second kappa shape index (κ2) is 10.5. The molecular formula is C20H25ClN4O3S. The number of thiazole rings is 1. The molecule has 1 aromatic heterocycles. The van der Waals surface area contributed by atoms with E-state index in [1.807, 2.05) is 6.92 Å². The molecule has 1 aliphatic carbocycles. The van der Waals surface area contributed by atoms with E-state index in [2.05, 4.69) is 20.9 Å². The van der Waals surface area contributed by atoms with Gasteiger partial charge in [0.2, 0.25) is 0 Å². The highest BCUT2D eigenvalue weighted by Crippen LogP contribution is 2.21. The standard InChI is InChI=1S/C20H25ClN4O3S/c1-2-22-20(27)25-16-6-4-3-5-15(16)24-19(26)17-12-29-18(23-17)11-28-14-9-7-13(21)8-10-14/h7-10,12,15-16H,2-6,11H2,1H3,(H,24,26)(H2,22,25,27). The van der Waals surface area contributed by atoms with E-state index in [9.17, 15) is 9.59 Å². The topological polar surface area (TPSA) is 92.4 Å². The second-order valence-electron chi connectivity index (χ2n) is 6.84. The molecule has 1 saturated carbocycles. The van der Waals surface area contributed by atoms with Crippen molar-refractivity contribution >= 4 is 34.9 Å². The third-order valence-corrected chi connectivity index (χ3v) is 5.77. The van der Waals surface area contributed by atoms with Gasteiger partial charge in [0.05, 0.1) is 6.04 Å². The van der Waals surface area contributed by atoms with Crippen molar-refractivity contribution < 1.29 is 14.3 Å². The summed E-state index contributed by atoms with van der Waals surface area (Å²) in [6, 6.07) is 6.71. The smallest absolute Gasteiger partial charge is 0.315 e. The molecule has 1 aliphatic rings. The van der Waals surface area contributed by atoms with Gasteiger partial charge in [-0.3, -0.25) is 4.79 Å². The largest absolute Gasteiger partial charge is 0.486 e. The highest BCUT2D eigenvalue weighted by atomic mass is 35.5. The Labute approximate surface area is 179 Å². The van der Waals surface area contributed by atoms with E-state index in [-0.39, 0.29) is 30.6 Å². The van der Waals surface area contributed by atoms with Crippen LogP contribution >= 0.6 is 22.9 Å². The van der Waals surface area contributed by atoms with Gasteiger partial charge in [0, 0.05) is 23.0 Å². The Morgan fingerprint density at radius 3 is 2.55 bits per heavy atom. The quantitative estimate of drug-likeness (QED) is 0.616. The van der Waals surface area contributed by atoms with Crippen molar-refractivity contribution in [3.8, 4) is 5.75 Å². The number of rotatable bonds is 7. The molecule has 7 nitrogen and oxygen atoms in total. The summed E-state index contributed by atoms with van der Waals surface area (Å²) in [5, 5.41) is 11.8. The van der Waals surface area contributed by atoms with Crippen molar-refractivity contribution in [2.75, 3.05) is 6.54 Å². The molecule has 0 saturated heterocycles. The van der Waals surface area contributed by atoms with E-state index < -0.39 is 0 Å². The van der Waals surface area contributed by atoms with E-state index in [0.29, 0.717) is 28.0 Å². The number of carbonyl (C=O) groups is 2. The lowest BCUT2D eigenvalue weighted by Crippen LogP contribution is -2.55. The van der Waals surface area contributed by atoms with Crippen molar-refractivity contribution in [1.82, 2.24) is 20.9 Å². The highest BCUT2D eigenvalue weighted by Gasteiger charge is 2.28. The summed E-state index contributed by atoms with van der Waals surface area (Å²) in [4.78, 5) is 28.9. The van der Waals surface area contributed by atoms with Crippen LogP contribution in [0.1, 0.15) is 48.1 Å². The maximum Gasteiger partial charge on any atom is 0.315 e. The average molecular weight is 437 g/mol. The van der Waals surface area contributed by atoms with Crippen LogP contribution in [0.3, 0.4) is 0 Å². The fraction of sp³-hybridized carbons (Fsp3) is 0.450. The number of amides is 3. The van der Waals surface area contributed by atoms with Crippen LogP contribution in [0.4, 0.5) is 4.79 Å². The van der Waals surface area contributed by atoms with Crippen LogP contribution in [0.5, 0.6) is 5.75 Å². The van der Waals surface area contributed by atoms with Gasteiger partial charge in [0.25, 0.3) is 5.91 Å². The van der Waals surface area contributed by atoms with Crippen LogP contribution in [0, 0.1) is 0 Å². The Balaban J connectivity index is 1.54. The Morgan fingerprint density at radius 2 is 1.86 bits per heavy atom. The van der Waals surface area contributed by atoms with Crippen molar-refractivity contribution in [3.05, 3.63) is 45.4 Å². The molecule has 29 heavy (non-hydrogen) atoms. The maximum absolute atomic E-state index is 12.6. The molecule has 3 N–H and O–H groups in total. The predicted molar refractivity (Wildman–Crippen MR) is 114 cm³/mol. The van der Waals surface area contributed by atoms with Crippen molar-refractivity contribution in [3.63, 3.8) is 0 Å². The zero-order valence-electron chi connectivity index (χ0n) is 16.2. The molecule has 3 amide bonds. The second-order valence-corrected chi connectivity index (χ2v) is 8.22. The molecule has 0 spiro atoms. The van der Waals surface area contributed by atoms with Crippen LogP contribution in [0.25, 0.3) is 0 Å². The van der Waals surface area contributed by atoms with Crippen molar-refractivity contribution in [2.45, 2.75) is 51.3 Å². The molecule has 0 aliphatic heterocycles. The van der Waals surface area contributed by atoms with Gasteiger partial charge in [0.15, 0.2) is 0 Å². The molecule has 3 rings (SSSR count). The number of hydrogen-bond acceptors (Lipinski definition) is 5. The molecule has 156 valence electrons. The first kappa shape index (κ1) is 21.4. The first-order valence-electron chi connectivity index (χ1n) is 9.73. The molecule has 9 heteroatoms. The average Bonchev–Trinajstić information content (AvgIpc) is 3.18. The van der Waals surface area contributed by atoms with Crippen LogP contribution in [-0.4, -0.2) is 35.6 Å². The number of nitrogens with zero attached hydrogens (tertiary/aromatic N) is 1. The van der Waals surface area contributed by atoms with Crippen LogP contribution in [0.2, 0.25) is 5.02 Å². The van der Waals surface area contributed by atoms with Gasteiger partial charge in [-0.2, -0.15) is 0 Å². The van der Waals surface area contributed by atoms with E-state index in [4.69, 9.17) is 16.3 Å². The summed E-state index contributed by atoms with van der Waals surface area (Å²) >= 11 is 7.24. The number of ether oxygens (including phenoxy) is 1. The number of carbonyl (C=O) groups excluding carboxylic acids is 2. The normalized spacial score (nSPS) is 18.7. The van der Waals surface area contributed by atoms with Crippen LogP contribution in [-0.2, 0) is 6.61 Å². The first-order valence-corrected chi connectivity index (χ1v) is 11.0. The number of halogens is 1. The van der Waals surface area contributed by atoms with Crippen LogP contribution in [0.15, 0.2) is 29.6 Å². The number of aromatic nitrogens is 1. The number of benzene rings is 1. The minimum Gasteiger partial charge on any atom is -0.486 e. The molecule has 1 heterocycles. The zero-order chi connectivity index (χ0) is 20.6. The van der Waals surface area contributed by atoms with Crippen molar-refractivity contribution in [2.24, 2.45) is 0 Å². The van der Waals surface area contributed by atoms with E-state index >= 15 is 0 Å². The Hall–Kier alpha value is -2.32. The summed E-state index contributed by atoms with van der Waals surface area (Å²) in [5.74, 6) is 0.464. The molecular weight excluding hydrogens is 412 g/mol. The van der Waals surface area contributed by atoms with Crippen LogP contribution < -0.4 is 20.7 Å². The number of nitrogens with one attached hydrogen (secondary N) is 3. The van der Waals surface area contributed by atoms with E-state index in [1.165, 1.54) is 11.3 Å². The third-order valence-electron chi connectivity index (χ3n) is 4.70. The lowest BCUT2D eigenvalue weighted by molar-refractivity contribution is 0.0911. The minimum absolute atomic E-state index is 0.0782. The minimum atomic E-state index is -0.228. The Bertz CT molecular complexity index is 827. The Kier molecular flexibility index (Phi) is 7.71. The van der Waals surface area contributed by atoms with Crippen molar-refractivity contribution in [1.29, 1.82) is 0 Å². The van der Waals surface area contributed by atoms with Gasteiger partial charge in [-0.15, -0.1) is 11.3 Å². The summed E-state index contributed by atoms with van der Waals surface area (Å²) in [6.45, 7) is 2.72. The van der Waals surface area contributed by atoms with Gasteiger partial charge in [-0.25, -0.2) is 9.78 Å². The molecule has 1 fully saturated rings. The lowest BCUT2D eigenvalue weighted by Gasteiger charge is -2.32. The highest BCUT2D eigenvalue weighted by molar-refractivity contribution is 7.09. The first-order chi connectivity index (χ1) is 14.0. The molecule has 2 atom stereocenters. The van der Waals surface area contributed by atoms with Gasteiger partial charge in [-0.05, 0) is 44.0 Å². The van der Waals surface area contributed by atoms with E-state index in [0.717, 1.165) is 25.7 Å². The summed E-state index contributed by atoms with van der Waals surface area (Å²) in [5.41, 5.74) is 0.368. The maximum atomic E-state index is 12.6. The van der Waals surface area contributed by atoms with Gasteiger partial charge >= 0.3 is 6.03 Å². The molecule has 0 radical (unpaired) electrons. The summed E-state index contributed by atoms with van der Waals surface area (Å²) in [6.07, 6.45) is 3.74. The van der Waals surface area contributed by atoms with Gasteiger partial charge in [-0.1, -0.05) is 24.4 Å². The molecule has 2 unspecified atom stereocenters. The number of urea groups is 1. The Morgan fingerprint density at radius 1 is 1.17 bits per heavy atom.